The normalized spacial score (nSPS) is 11.5. The zero-order chi connectivity index (χ0) is 18.8. The molecule has 0 aliphatic heterocycles. The Labute approximate surface area is 146 Å². The van der Waals surface area contributed by atoms with Crippen molar-refractivity contribution in [3.8, 4) is 11.6 Å². The number of rotatable bonds is 5. The van der Waals surface area contributed by atoms with Crippen LogP contribution in [0.25, 0.3) is 0 Å². The topological polar surface area (TPSA) is 71.5 Å². The highest BCUT2D eigenvalue weighted by Crippen LogP contribution is 2.39. The van der Waals surface area contributed by atoms with Gasteiger partial charge in [0.1, 0.15) is 11.3 Å². The summed E-state index contributed by atoms with van der Waals surface area (Å²) in [6.07, 6.45) is -3.55. The first kappa shape index (κ1) is 18.9. The van der Waals surface area contributed by atoms with Crippen LogP contribution in [-0.4, -0.2) is 22.1 Å². The Kier molecular flexibility index (Phi) is 5.42. The fraction of sp³-hybridized carbons (Fsp3) is 0.250. The smallest absolute Gasteiger partial charge is 0.421 e. The second kappa shape index (κ2) is 7.18. The van der Waals surface area contributed by atoms with Crippen LogP contribution in [0.4, 0.5) is 18.9 Å². The van der Waals surface area contributed by atoms with Gasteiger partial charge < -0.3 is 15.2 Å². The minimum atomic E-state index is -4.68. The molecule has 0 bridgehead atoms. The Bertz CT molecular complexity index is 795. The van der Waals surface area contributed by atoms with Crippen LogP contribution >= 0.6 is 11.6 Å². The molecule has 2 aromatic rings. The third-order valence-corrected chi connectivity index (χ3v) is 3.33. The zero-order valence-electron chi connectivity index (χ0n) is 13.2. The number of carboxylic acids is 1. The van der Waals surface area contributed by atoms with Crippen molar-refractivity contribution in [3.05, 3.63) is 46.6 Å². The lowest BCUT2D eigenvalue weighted by Crippen LogP contribution is -2.14. The Balaban J connectivity index is 2.48. The number of carboxylic acid groups (broad SMARTS) is 1. The van der Waals surface area contributed by atoms with E-state index in [-0.39, 0.29) is 28.1 Å². The lowest BCUT2D eigenvalue weighted by Gasteiger charge is -2.17. The highest BCUT2D eigenvalue weighted by atomic mass is 35.5. The van der Waals surface area contributed by atoms with Crippen molar-refractivity contribution in [1.29, 1.82) is 0 Å². The van der Waals surface area contributed by atoms with E-state index in [0.717, 1.165) is 24.4 Å². The summed E-state index contributed by atoms with van der Waals surface area (Å²) in [5, 5.41) is 12.2. The zero-order valence-corrected chi connectivity index (χ0v) is 13.9. The number of halogens is 4. The van der Waals surface area contributed by atoms with Crippen molar-refractivity contribution in [3.63, 3.8) is 0 Å². The van der Waals surface area contributed by atoms with Gasteiger partial charge in [0.2, 0.25) is 5.88 Å². The lowest BCUT2D eigenvalue weighted by atomic mass is 10.1. The number of aromatic carboxylic acids is 1. The average molecular weight is 375 g/mol. The van der Waals surface area contributed by atoms with Crippen molar-refractivity contribution in [2.45, 2.75) is 26.1 Å². The summed E-state index contributed by atoms with van der Waals surface area (Å²) in [5.74, 6) is -2.22. The Morgan fingerprint density at radius 1 is 1.36 bits per heavy atom. The molecule has 1 heterocycles. The predicted octanol–water partition coefficient (Wildman–Crippen LogP) is 5.06. The molecule has 0 radical (unpaired) electrons. The van der Waals surface area contributed by atoms with E-state index in [2.05, 4.69) is 10.3 Å². The maximum atomic E-state index is 13.0. The number of aromatic nitrogens is 1. The summed E-state index contributed by atoms with van der Waals surface area (Å²) in [4.78, 5) is 15.0. The molecule has 0 saturated carbocycles. The van der Waals surface area contributed by atoms with Gasteiger partial charge in [-0.1, -0.05) is 11.6 Å². The maximum Gasteiger partial charge on any atom is 0.421 e. The van der Waals surface area contributed by atoms with E-state index in [1.165, 1.54) is 6.07 Å². The van der Waals surface area contributed by atoms with E-state index in [0.29, 0.717) is 0 Å². The van der Waals surface area contributed by atoms with Crippen molar-refractivity contribution < 1.29 is 27.8 Å². The molecule has 9 heteroatoms. The van der Waals surface area contributed by atoms with Crippen LogP contribution in [0, 0.1) is 0 Å². The van der Waals surface area contributed by atoms with Gasteiger partial charge in [0, 0.05) is 12.2 Å². The number of hydrogen-bond donors (Lipinski definition) is 2. The number of anilines is 1. The number of benzene rings is 1. The van der Waals surface area contributed by atoms with Gasteiger partial charge in [-0.2, -0.15) is 13.2 Å². The summed E-state index contributed by atoms with van der Waals surface area (Å²) in [5.41, 5.74) is -1.04. The molecule has 1 aromatic carbocycles. The van der Waals surface area contributed by atoms with Crippen molar-refractivity contribution in [2.24, 2.45) is 0 Å². The summed E-state index contributed by atoms with van der Waals surface area (Å²) >= 11 is 6.04. The fourth-order valence-corrected chi connectivity index (χ4v) is 2.23. The van der Waals surface area contributed by atoms with Gasteiger partial charge in [-0.3, -0.25) is 0 Å². The summed E-state index contributed by atoms with van der Waals surface area (Å²) in [6, 6.07) is 4.20. The van der Waals surface area contributed by atoms with E-state index in [1.54, 1.807) is 13.8 Å². The summed E-state index contributed by atoms with van der Waals surface area (Å²) in [7, 11) is 0. The molecule has 134 valence electrons. The van der Waals surface area contributed by atoms with Crippen LogP contribution in [0.15, 0.2) is 30.5 Å². The number of hydrogen-bond acceptors (Lipinski definition) is 4. The number of pyridine rings is 1. The molecule has 0 amide bonds. The monoisotopic (exact) mass is 374 g/mol. The van der Waals surface area contributed by atoms with Crippen LogP contribution in [0.2, 0.25) is 5.02 Å². The van der Waals surface area contributed by atoms with Crippen molar-refractivity contribution in [2.75, 3.05) is 5.32 Å². The van der Waals surface area contributed by atoms with Gasteiger partial charge in [0.05, 0.1) is 16.3 Å². The largest absolute Gasteiger partial charge is 0.478 e. The lowest BCUT2D eigenvalue weighted by molar-refractivity contribution is -0.138. The van der Waals surface area contributed by atoms with Gasteiger partial charge in [-0.25, -0.2) is 9.78 Å². The standard InChI is InChI=1S/C16H14ClF3N2O3/c1-8(2)22-12-7-11(17)13(6-9(12)15(23)24)25-14-10(16(18,19)20)4-3-5-21-14/h3-8,22H,1-2H3,(H,23,24). The predicted molar refractivity (Wildman–Crippen MR) is 86.5 cm³/mol. The minimum absolute atomic E-state index is 0.0491. The van der Waals surface area contributed by atoms with Crippen LogP contribution in [0.5, 0.6) is 11.6 Å². The minimum Gasteiger partial charge on any atom is -0.478 e. The molecular weight excluding hydrogens is 361 g/mol. The molecule has 0 aliphatic rings. The number of ether oxygens (including phenoxy) is 1. The molecule has 0 fully saturated rings. The van der Waals surface area contributed by atoms with E-state index >= 15 is 0 Å². The number of alkyl halides is 3. The van der Waals surface area contributed by atoms with Crippen molar-refractivity contribution >= 4 is 23.3 Å². The number of nitrogens with one attached hydrogen (secondary N) is 1. The highest BCUT2D eigenvalue weighted by molar-refractivity contribution is 6.32. The van der Waals surface area contributed by atoms with Crippen LogP contribution in [0.1, 0.15) is 29.8 Å². The molecule has 0 unspecified atom stereocenters. The third kappa shape index (κ3) is 4.54. The first-order valence-electron chi connectivity index (χ1n) is 7.13. The molecule has 5 nitrogen and oxygen atoms in total. The van der Waals surface area contributed by atoms with Gasteiger partial charge in [-0.05, 0) is 38.1 Å². The molecule has 0 atom stereocenters. The molecule has 25 heavy (non-hydrogen) atoms. The molecule has 2 rings (SSSR count). The SMILES string of the molecule is CC(C)Nc1cc(Cl)c(Oc2ncccc2C(F)(F)F)cc1C(=O)O. The van der Waals surface area contributed by atoms with E-state index in [9.17, 15) is 23.1 Å². The van der Waals surface area contributed by atoms with Crippen molar-refractivity contribution in [1.82, 2.24) is 4.98 Å². The second-order valence-corrected chi connectivity index (χ2v) is 5.80. The maximum absolute atomic E-state index is 13.0. The van der Waals surface area contributed by atoms with E-state index in [4.69, 9.17) is 16.3 Å². The van der Waals surface area contributed by atoms with Gasteiger partial charge in [-0.15, -0.1) is 0 Å². The summed E-state index contributed by atoms with van der Waals surface area (Å²) in [6.45, 7) is 3.60. The van der Waals surface area contributed by atoms with Crippen LogP contribution < -0.4 is 10.1 Å². The molecule has 0 spiro atoms. The summed E-state index contributed by atoms with van der Waals surface area (Å²) < 4.78 is 44.2. The van der Waals surface area contributed by atoms with Crippen LogP contribution in [-0.2, 0) is 6.18 Å². The Hall–Kier alpha value is -2.48. The first-order valence-corrected chi connectivity index (χ1v) is 7.51. The first-order chi connectivity index (χ1) is 11.6. The second-order valence-electron chi connectivity index (χ2n) is 5.39. The van der Waals surface area contributed by atoms with E-state index in [1.807, 2.05) is 0 Å². The third-order valence-electron chi connectivity index (χ3n) is 3.03. The number of nitrogens with zero attached hydrogens (tertiary/aromatic N) is 1. The quantitative estimate of drug-likeness (QED) is 0.765. The molecule has 2 N–H and O–H groups in total. The molecule has 0 aliphatic carbocycles. The Morgan fingerprint density at radius 2 is 2.04 bits per heavy atom. The molecular formula is C16H14ClF3N2O3. The highest BCUT2D eigenvalue weighted by Gasteiger charge is 2.35. The average Bonchev–Trinajstić information content (AvgIpc) is 2.48. The van der Waals surface area contributed by atoms with Gasteiger partial charge in [0.25, 0.3) is 0 Å². The van der Waals surface area contributed by atoms with Gasteiger partial charge in [0.15, 0.2) is 0 Å². The van der Waals surface area contributed by atoms with Crippen LogP contribution in [0.3, 0.4) is 0 Å². The van der Waals surface area contributed by atoms with E-state index < -0.39 is 23.6 Å². The van der Waals surface area contributed by atoms with Gasteiger partial charge >= 0.3 is 12.1 Å². The fourth-order valence-electron chi connectivity index (χ4n) is 2.03. The molecule has 1 aromatic heterocycles. The Morgan fingerprint density at radius 3 is 2.60 bits per heavy atom. The molecule has 0 saturated heterocycles. The number of carbonyl (C=O) groups is 1.